The summed E-state index contributed by atoms with van der Waals surface area (Å²) in [6, 6.07) is 0. The molecule has 0 aliphatic carbocycles. The van der Waals surface area contributed by atoms with Gasteiger partial charge in [-0.05, 0) is 20.4 Å². The largest absolute Gasteiger partial charge is 0.459 e. The van der Waals surface area contributed by atoms with E-state index in [2.05, 4.69) is 6.58 Å². The van der Waals surface area contributed by atoms with Crippen LogP contribution in [0.25, 0.3) is 0 Å². The average molecular weight is 114 g/mol. The standard InChI is InChI=1S/C6H10O2/c1-4-5(2)8-6(3)7-4/h4-5H,3H2,1-2H3. The van der Waals surface area contributed by atoms with Gasteiger partial charge in [-0.25, -0.2) is 0 Å². The van der Waals surface area contributed by atoms with Gasteiger partial charge in [-0.15, -0.1) is 0 Å². The molecule has 2 unspecified atom stereocenters. The van der Waals surface area contributed by atoms with E-state index in [1.165, 1.54) is 0 Å². The number of hydrogen-bond donors (Lipinski definition) is 0. The molecule has 1 saturated heterocycles. The minimum Gasteiger partial charge on any atom is -0.459 e. The maximum atomic E-state index is 5.06. The first-order valence-corrected chi connectivity index (χ1v) is 2.72. The van der Waals surface area contributed by atoms with Crippen LogP contribution < -0.4 is 0 Å². The van der Waals surface area contributed by atoms with E-state index in [1.807, 2.05) is 13.8 Å². The maximum absolute atomic E-state index is 5.06. The molecule has 0 radical (unpaired) electrons. The molecule has 0 aromatic heterocycles. The molecule has 1 heterocycles. The third-order valence-corrected chi connectivity index (χ3v) is 1.30. The van der Waals surface area contributed by atoms with Crippen LogP contribution in [0.15, 0.2) is 12.5 Å². The van der Waals surface area contributed by atoms with Crippen LogP contribution in [0.2, 0.25) is 0 Å². The van der Waals surface area contributed by atoms with Gasteiger partial charge in [0.25, 0.3) is 5.95 Å². The van der Waals surface area contributed by atoms with E-state index in [4.69, 9.17) is 9.47 Å². The van der Waals surface area contributed by atoms with Crippen LogP contribution in [0.1, 0.15) is 13.8 Å². The summed E-state index contributed by atoms with van der Waals surface area (Å²) in [5.74, 6) is 0.449. The quantitative estimate of drug-likeness (QED) is 0.472. The zero-order chi connectivity index (χ0) is 6.15. The lowest BCUT2D eigenvalue weighted by molar-refractivity contribution is 0.148. The second-order valence-electron chi connectivity index (χ2n) is 2.02. The van der Waals surface area contributed by atoms with Crippen molar-refractivity contribution in [2.24, 2.45) is 0 Å². The van der Waals surface area contributed by atoms with Crippen molar-refractivity contribution in [2.45, 2.75) is 26.1 Å². The molecule has 2 heteroatoms. The minimum atomic E-state index is 0.169. The van der Waals surface area contributed by atoms with Crippen LogP contribution in [-0.4, -0.2) is 12.2 Å². The Morgan fingerprint density at radius 1 is 1.25 bits per heavy atom. The molecule has 0 N–H and O–H groups in total. The van der Waals surface area contributed by atoms with Crippen molar-refractivity contribution in [1.82, 2.24) is 0 Å². The number of rotatable bonds is 0. The lowest BCUT2D eigenvalue weighted by Gasteiger charge is -2.01. The molecular formula is C6H10O2. The van der Waals surface area contributed by atoms with Crippen LogP contribution >= 0.6 is 0 Å². The summed E-state index contributed by atoms with van der Waals surface area (Å²) >= 11 is 0. The number of hydrogen-bond acceptors (Lipinski definition) is 2. The predicted octanol–water partition coefficient (Wildman–Crippen LogP) is 1.28. The van der Waals surface area contributed by atoms with E-state index < -0.39 is 0 Å². The van der Waals surface area contributed by atoms with Crippen molar-refractivity contribution < 1.29 is 9.47 Å². The monoisotopic (exact) mass is 114 g/mol. The Balaban J connectivity index is 2.51. The Bertz CT molecular complexity index is 97.1. The van der Waals surface area contributed by atoms with Crippen molar-refractivity contribution in [3.63, 3.8) is 0 Å². The second-order valence-corrected chi connectivity index (χ2v) is 2.02. The van der Waals surface area contributed by atoms with E-state index in [1.54, 1.807) is 0 Å². The zero-order valence-corrected chi connectivity index (χ0v) is 5.18. The van der Waals surface area contributed by atoms with Gasteiger partial charge in [0.2, 0.25) is 0 Å². The van der Waals surface area contributed by atoms with E-state index in [-0.39, 0.29) is 12.2 Å². The minimum absolute atomic E-state index is 0.169. The van der Waals surface area contributed by atoms with Gasteiger partial charge in [0.05, 0.1) is 0 Å². The van der Waals surface area contributed by atoms with Crippen LogP contribution in [0, 0.1) is 0 Å². The summed E-state index contributed by atoms with van der Waals surface area (Å²) in [5.41, 5.74) is 0. The Morgan fingerprint density at radius 2 is 1.62 bits per heavy atom. The molecule has 1 rings (SSSR count). The van der Waals surface area contributed by atoms with Crippen molar-refractivity contribution in [3.8, 4) is 0 Å². The summed E-state index contributed by atoms with van der Waals surface area (Å²) < 4.78 is 10.1. The first-order chi connectivity index (χ1) is 3.70. The summed E-state index contributed by atoms with van der Waals surface area (Å²) in [6.07, 6.45) is 0.338. The lowest BCUT2D eigenvalue weighted by Crippen LogP contribution is -2.13. The molecule has 2 atom stereocenters. The Morgan fingerprint density at radius 3 is 1.75 bits per heavy atom. The third-order valence-electron chi connectivity index (χ3n) is 1.30. The summed E-state index contributed by atoms with van der Waals surface area (Å²) in [5, 5.41) is 0. The Labute approximate surface area is 49.1 Å². The Kier molecular flexibility index (Phi) is 1.16. The highest BCUT2D eigenvalue weighted by Gasteiger charge is 2.23. The SMILES string of the molecule is C=C1OC(C)C(C)O1. The molecule has 0 aromatic rings. The van der Waals surface area contributed by atoms with Gasteiger partial charge in [-0.3, -0.25) is 0 Å². The highest BCUT2D eigenvalue weighted by atomic mass is 16.7. The molecule has 0 saturated carbocycles. The topological polar surface area (TPSA) is 18.5 Å². The fraction of sp³-hybridized carbons (Fsp3) is 0.667. The maximum Gasteiger partial charge on any atom is 0.272 e. The second kappa shape index (κ2) is 1.69. The van der Waals surface area contributed by atoms with Crippen molar-refractivity contribution in [3.05, 3.63) is 12.5 Å². The van der Waals surface area contributed by atoms with Crippen molar-refractivity contribution >= 4 is 0 Å². The summed E-state index contributed by atoms with van der Waals surface area (Å²) in [6.45, 7) is 7.43. The molecule has 1 aliphatic heterocycles. The van der Waals surface area contributed by atoms with E-state index in [0.717, 1.165) is 0 Å². The summed E-state index contributed by atoms with van der Waals surface area (Å²) in [7, 11) is 0. The van der Waals surface area contributed by atoms with Crippen molar-refractivity contribution in [2.75, 3.05) is 0 Å². The highest BCUT2D eigenvalue weighted by Crippen LogP contribution is 2.18. The summed E-state index contributed by atoms with van der Waals surface area (Å²) in [4.78, 5) is 0. The molecule has 0 spiro atoms. The molecular weight excluding hydrogens is 104 g/mol. The molecule has 0 bridgehead atoms. The van der Waals surface area contributed by atoms with Gasteiger partial charge >= 0.3 is 0 Å². The Hall–Kier alpha value is -0.660. The number of ether oxygens (including phenoxy) is 2. The van der Waals surface area contributed by atoms with Gasteiger partial charge in [-0.1, -0.05) is 0 Å². The molecule has 46 valence electrons. The van der Waals surface area contributed by atoms with Gasteiger partial charge in [0, 0.05) is 0 Å². The van der Waals surface area contributed by atoms with Crippen LogP contribution in [-0.2, 0) is 9.47 Å². The van der Waals surface area contributed by atoms with Crippen molar-refractivity contribution in [1.29, 1.82) is 0 Å². The van der Waals surface area contributed by atoms with E-state index in [0.29, 0.717) is 5.95 Å². The van der Waals surface area contributed by atoms with Crippen LogP contribution in [0.3, 0.4) is 0 Å². The smallest absolute Gasteiger partial charge is 0.272 e. The van der Waals surface area contributed by atoms with Gasteiger partial charge < -0.3 is 9.47 Å². The van der Waals surface area contributed by atoms with E-state index >= 15 is 0 Å². The molecule has 0 aromatic carbocycles. The first-order valence-electron chi connectivity index (χ1n) is 2.72. The fourth-order valence-electron chi connectivity index (χ4n) is 0.634. The highest BCUT2D eigenvalue weighted by molar-refractivity contribution is 4.82. The van der Waals surface area contributed by atoms with Gasteiger partial charge in [-0.2, -0.15) is 0 Å². The third kappa shape index (κ3) is 0.782. The lowest BCUT2D eigenvalue weighted by atomic mass is 10.3. The van der Waals surface area contributed by atoms with Gasteiger partial charge in [0.15, 0.2) is 0 Å². The van der Waals surface area contributed by atoms with Crippen LogP contribution in [0.4, 0.5) is 0 Å². The molecule has 1 fully saturated rings. The normalized spacial score (nSPS) is 36.5. The van der Waals surface area contributed by atoms with Gasteiger partial charge in [0.1, 0.15) is 12.2 Å². The first kappa shape index (κ1) is 5.48. The average Bonchev–Trinajstić information content (AvgIpc) is 1.85. The van der Waals surface area contributed by atoms with Crippen LogP contribution in [0.5, 0.6) is 0 Å². The fourth-order valence-corrected chi connectivity index (χ4v) is 0.634. The molecule has 2 nitrogen and oxygen atoms in total. The zero-order valence-electron chi connectivity index (χ0n) is 5.18. The molecule has 0 amide bonds. The predicted molar refractivity (Wildman–Crippen MR) is 30.2 cm³/mol. The molecule has 1 aliphatic rings. The van der Waals surface area contributed by atoms with E-state index in [9.17, 15) is 0 Å². The molecule has 8 heavy (non-hydrogen) atoms.